The summed E-state index contributed by atoms with van der Waals surface area (Å²) in [7, 11) is 0. The van der Waals surface area contributed by atoms with Crippen molar-refractivity contribution in [1.29, 1.82) is 0 Å². The maximum absolute atomic E-state index is 6.24. The quantitative estimate of drug-likeness (QED) is 0.224. The van der Waals surface area contributed by atoms with E-state index in [9.17, 15) is 0 Å². The summed E-state index contributed by atoms with van der Waals surface area (Å²) in [4.78, 5) is 3.71. The summed E-state index contributed by atoms with van der Waals surface area (Å²) in [6.45, 7) is 0. The van der Waals surface area contributed by atoms with Gasteiger partial charge >= 0.3 is 0 Å². The fourth-order valence-corrected chi connectivity index (χ4v) is 7.27. The number of nitrogens with zero attached hydrogens (tertiary/aromatic N) is 1. The Morgan fingerprint density at radius 3 is 2.04 bits per heavy atom. The number of aromatic nitrogens is 2. The fraction of sp³-hybridized carbons (Fsp3) is 0. The van der Waals surface area contributed by atoms with Gasteiger partial charge in [0.2, 0.25) is 0 Å². The number of hydrogen-bond acceptors (Lipinski definition) is 1. The van der Waals surface area contributed by atoms with Crippen molar-refractivity contribution in [3.8, 4) is 27.9 Å². The average Bonchev–Trinajstić information content (AvgIpc) is 3.77. The van der Waals surface area contributed by atoms with E-state index in [1.807, 2.05) is 12.1 Å². The molecule has 3 nitrogen and oxygen atoms in total. The zero-order valence-electron chi connectivity index (χ0n) is 24.3. The van der Waals surface area contributed by atoms with E-state index < -0.39 is 0 Å². The van der Waals surface area contributed by atoms with Gasteiger partial charge in [0.05, 0.1) is 11.0 Å². The summed E-state index contributed by atoms with van der Waals surface area (Å²) in [5.41, 5.74) is 12.4. The lowest BCUT2D eigenvalue weighted by Crippen LogP contribution is -1.94. The highest BCUT2D eigenvalue weighted by Crippen LogP contribution is 2.41. The summed E-state index contributed by atoms with van der Waals surface area (Å²) in [5.74, 6) is 0. The van der Waals surface area contributed by atoms with Crippen molar-refractivity contribution < 1.29 is 4.42 Å². The second kappa shape index (κ2) is 9.22. The third-order valence-electron chi connectivity index (χ3n) is 9.32. The molecule has 0 aliphatic carbocycles. The van der Waals surface area contributed by atoms with Gasteiger partial charge in [-0.3, -0.25) is 0 Å². The third-order valence-corrected chi connectivity index (χ3v) is 9.32. The monoisotopic (exact) mass is 574 g/mol. The van der Waals surface area contributed by atoms with Crippen LogP contribution in [0.2, 0.25) is 0 Å². The molecule has 0 bridgehead atoms. The molecule has 0 atom stereocenters. The van der Waals surface area contributed by atoms with Crippen LogP contribution in [0.15, 0.2) is 156 Å². The molecule has 0 aliphatic rings. The number of H-pyrrole nitrogens is 1. The Kier molecular flexibility index (Phi) is 5.00. The highest BCUT2D eigenvalue weighted by Gasteiger charge is 2.18. The molecule has 3 heteroatoms. The first-order chi connectivity index (χ1) is 22.3. The second-order valence-corrected chi connectivity index (χ2v) is 11.8. The van der Waals surface area contributed by atoms with E-state index >= 15 is 0 Å². The third kappa shape index (κ3) is 3.58. The fourth-order valence-electron chi connectivity index (χ4n) is 7.27. The Balaban J connectivity index is 1.22. The van der Waals surface area contributed by atoms with Gasteiger partial charge in [0, 0.05) is 49.0 Å². The molecule has 0 unspecified atom stereocenters. The topological polar surface area (TPSA) is 33.9 Å². The minimum Gasteiger partial charge on any atom is -0.456 e. The first-order valence-corrected chi connectivity index (χ1v) is 15.4. The molecular weight excluding hydrogens is 548 g/mol. The molecule has 0 spiro atoms. The largest absolute Gasteiger partial charge is 0.456 e. The molecule has 0 fully saturated rings. The smallest absolute Gasteiger partial charge is 0.136 e. The Morgan fingerprint density at radius 2 is 1.11 bits per heavy atom. The molecule has 0 saturated carbocycles. The lowest BCUT2D eigenvalue weighted by Gasteiger charge is -2.10. The molecule has 0 saturated heterocycles. The van der Waals surface area contributed by atoms with Crippen molar-refractivity contribution in [1.82, 2.24) is 9.55 Å². The van der Waals surface area contributed by atoms with Crippen molar-refractivity contribution in [2.75, 3.05) is 0 Å². The Bertz CT molecular complexity index is 2760. The highest BCUT2D eigenvalue weighted by molar-refractivity contribution is 6.28. The number of aromatic amines is 1. The predicted molar refractivity (Wildman–Crippen MR) is 188 cm³/mol. The van der Waals surface area contributed by atoms with Crippen LogP contribution in [0.5, 0.6) is 0 Å². The first kappa shape index (κ1) is 24.4. The predicted octanol–water partition coefficient (Wildman–Crippen LogP) is 11.7. The van der Waals surface area contributed by atoms with E-state index in [1.165, 1.54) is 49.3 Å². The van der Waals surface area contributed by atoms with Crippen LogP contribution >= 0.6 is 0 Å². The molecule has 10 rings (SSSR count). The second-order valence-electron chi connectivity index (χ2n) is 11.8. The lowest BCUT2D eigenvalue weighted by atomic mass is 10.00. The summed E-state index contributed by atoms with van der Waals surface area (Å²) in [6.07, 6.45) is 0. The highest BCUT2D eigenvalue weighted by atomic mass is 16.3. The van der Waals surface area contributed by atoms with Crippen LogP contribution < -0.4 is 0 Å². The van der Waals surface area contributed by atoms with Crippen molar-refractivity contribution in [2.24, 2.45) is 0 Å². The minimum atomic E-state index is 0.913. The van der Waals surface area contributed by atoms with Crippen LogP contribution in [0.25, 0.3) is 93.5 Å². The van der Waals surface area contributed by atoms with Crippen LogP contribution in [0, 0.1) is 0 Å². The number of rotatable bonds is 3. The maximum Gasteiger partial charge on any atom is 0.136 e. The molecule has 1 N–H and O–H groups in total. The average molecular weight is 575 g/mol. The van der Waals surface area contributed by atoms with Gasteiger partial charge in [0.1, 0.15) is 11.2 Å². The Labute approximate surface area is 258 Å². The van der Waals surface area contributed by atoms with Crippen molar-refractivity contribution in [2.45, 2.75) is 0 Å². The number of hydrogen-bond donors (Lipinski definition) is 1. The van der Waals surface area contributed by atoms with Crippen molar-refractivity contribution in [3.05, 3.63) is 152 Å². The molecule has 45 heavy (non-hydrogen) atoms. The summed E-state index contributed by atoms with van der Waals surface area (Å²) < 4.78 is 8.65. The molecule has 3 heterocycles. The molecule has 10 aromatic rings. The molecular formula is C42H26N2O. The first-order valence-electron chi connectivity index (χ1n) is 15.4. The molecule has 0 amide bonds. The van der Waals surface area contributed by atoms with E-state index in [-0.39, 0.29) is 0 Å². The molecule has 3 aromatic heterocycles. The van der Waals surface area contributed by atoms with Gasteiger partial charge in [-0.15, -0.1) is 0 Å². The van der Waals surface area contributed by atoms with Gasteiger partial charge in [-0.1, -0.05) is 91.0 Å². The number of fused-ring (bicyclic) bond motifs is 10. The Hall–Kier alpha value is -6.06. The van der Waals surface area contributed by atoms with Crippen LogP contribution in [0.1, 0.15) is 0 Å². The van der Waals surface area contributed by atoms with E-state index in [0.717, 1.165) is 44.2 Å². The van der Waals surface area contributed by atoms with Gasteiger partial charge in [-0.05, 0) is 82.9 Å². The van der Waals surface area contributed by atoms with E-state index in [0.29, 0.717) is 0 Å². The summed E-state index contributed by atoms with van der Waals surface area (Å²) >= 11 is 0. The molecule has 0 radical (unpaired) electrons. The number of benzene rings is 7. The van der Waals surface area contributed by atoms with Crippen molar-refractivity contribution >= 4 is 65.6 Å². The normalized spacial score (nSPS) is 12.0. The van der Waals surface area contributed by atoms with Crippen LogP contribution in [0.3, 0.4) is 0 Å². The van der Waals surface area contributed by atoms with Crippen LogP contribution in [0.4, 0.5) is 0 Å². The zero-order chi connectivity index (χ0) is 29.5. The summed E-state index contributed by atoms with van der Waals surface area (Å²) in [6, 6.07) is 54.3. The molecule has 0 aliphatic heterocycles. The van der Waals surface area contributed by atoms with Crippen LogP contribution in [-0.2, 0) is 0 Å². The minimum absolute atomic E-state index is 0.913. The number of furan rings is 1. The SMILES string of the molecule is c1ccc(-c2cccc(-n3c4ccccc4c4c5c(ccc43)[nH]c3ccc(-c4ccc6c(c4)oc4ccccc46)cc35)c2)cc1. The standard InChI is InChI=1S/C42H26N2O/c1-2-9-26(10-3-1)27-11-8-12-30(23-27)44-37-15-6-4-14-33(37)42-38(44)22-21-36-41(42)34-24-28(18-20-35(34)43-36)29-17-19-32-31-13-5-7-16-39(31)45-40(32)25-29/h1-25,43H. The van der Waals surface area contributed by atoms with Crippen LogP contribution in [-0.4, -0.2) is 9.55 Å². The van der Waals surface area contributed by atoms with E-state index in [4.69, 9.17) is 4.42 Å². The van der Waals surface area contributed by atoms with Crippen molar-refractivity contribution in [3.63, 3.8) is 0 Å². The summed E-state index contributed by atoms with van der Waals surface area (Å²) in [5, 5.41) is 7.29. The number of para-hydroxylation sites is 2. The van der Waals surface area contributed by atoms with E-state index in [2.05, 4.69) is 149 Å². The maximum atomic E-state index is 6.24. The van der Waals surface area contributed by atoms with Gasteiger partial charge in [0.25, 0.3) is 0 Å². The molecule has 210 valence electrons. The van der Waals surface area contributed by atoms with Gasteiger partial charge in [-0.2, -0.15) is 0 Å². The van der Waals surface area contributed by atoms with Gasteiger partial charge < -0.3 is 14.0 Å². The van der Waals surface area contributed by atoms with Gasteiger partial charge in [-0.25, -0.2) is 0 Å². The number of nitrogens with one attached hydrogen (secondary N) is 1. The van der Waals surface area contributed by atoms with E-state index in [1.54, 1.807) is 0 Å². The zero-order valence-corrected chi connectivity index (χ0v) is 24.3. The Morgan fingerprint density at radius 1 is 0.400 bits per heavy atom. The lowest BCUT2D eigenvalue weighted by molar-refractivity contribution is 0.669. The van der Waals surface area contributed by atoms with Gasteiger partial charge in [0.15, 0.2) is 0 Å². The molecule has 7 aromatic carbocycles.